The van der Waals surface area contributed by atoms with Crippen LogP contribution in [0.3, 0.4) is 0 Å². The zero-order valence-electron chi connectivity index (χ0n) is 23.2. The molecule has 1 N–H and O–H groups in total. The summed E-state index contributed by atoms with van der Waals surface area (Å²) >= 11 is 0. The van der Waals surface area contributed by atoms with Crippen molar-refractivity contribution in [2.75, 3.05) is 6.61 Å². The lowest BCUT2D eigenvalue weighted by atomic mass is 9.45. The third-order valence-electron chi connectivity index (χ3n) is 9.90. The summed E-state index contributed by atoms with van der Waals surface area (Å²) in [5, 5.41) is 14.3. The van der Waals surface area contributed by atoms with Crippen LogP contribution in [0.4, 0.5) is 0 Å². The number of benzene rings is 2. The molecule has 4 atom stereocenters. The topological polar surface area (TPSA) is 29.5 Å². The Morgan fingerprint density at radius 3 is 1.91 bits per heavy atom. The normalized spacial score (nSPS) is 31.1. The van der Waals surface area contributed by atoms with Crippen LogP contribution in [0.2, 0.25) is 5.04 Å². The molecular weight excluding hydrogens is 444 g/mol. The summed E-state index contributed by atoms with van der Waals surface area (Å²) in [5.41, 5.74) is -0.119. The minimum Gasteiger partial charge on any atom is -0.407 e. The van der Waals surface area contributed by atoms with Gasteiger partial charge in [0.2, 0.25) is 0 Å². The molecule has 2 fully saturated rings. The van der Waals surface area contributed by atoms with E-state index in [1.807, 2.05) is 0 Å². The summed E-state index contributed by atoms with van der Waals surface area (Å²) in [4.78, 5) is 0. The van der Waals surface area contributed by atoms with Crippen molar-refractivity contribution in [3.63, 3.8) is 0 Å². The molecule has 2 aromatic rings. The lowest BCUT2D eigenvalue weighted by molar-refractivity contribution is -0.171. The van der Waals surface area contributed by atoms with Crippen molar-refractivity contribution >= 4 is 18.7 Å². The van der Waals surface area contributed by atoms with Gasteiger partial charge in [-0.25, -0.2) is 0 Å². The molecule has 0 amide bonds. The fourth-order valence-electron chi connectivity index (χ4n) is 8.36. The molecule has 0 aliphatic heterocycles. The smallest absolute Gasteiger partial charge is 0.261 e. The second-order valence-corrected chi connectivity index (χ2v) is 18.0. The first kappa shape index (κ1) is 26.6. The molecule has 0 saturated heterocycles. The molecule has 35 heavy (non-hydrogen) atoms. The van der Waals surface area contributed by atoms with Crippen LogP contribution in [0.5, 0.6) is 0 Å². The van der Waals surface area contributed by atoms with Gasteiger partial charge in [0.25, 0.3) is 8.32 Å². The van der Waals surface area contributed by atoms with Gasteiger partial charge in [0, 0.05) is 6.61 Å². The molecule has 2 saturated carbocycles. The van der Waals surface area contributed by atoms with E-state index in [1.54, 1.807) is 0 Å². The summed E-state index contributed by atoms with van der Waals surface area (Å²) in [6, 6.07) is 21.9. The Hall–Kier alpha value is -1.42. The zero-order valence-corrected chi connectivity index (χ0v) is 24.2. The van der Waals surface area contributed by atoms with E-state index in [4.69, 9.17) is 4.43 Å². The van der Waals surface area contributed by atoms with E-state index in [2.05, 4.69) is 109 Å². The molecule has 2 aromatic carbocycles. The Morgan fingerprint density at radius 1 is 0.857 bits per heavy atom. The monoisotopic (exact) mass is 492 g/mol. The van der Waals surface area contributed by atoms with Gasteiger partial charge in [-0.05, 0) is 77.1 Å². The average Bonchev–Trinajstić information content (AvgIpc) is 2.78. The van der Waals surface area contributed by atoms with Gasteiger partial charge >= 0.3 is 0 Å². The van der Waals surface area contributed by atoms with E-state index >= 15 is 0 Å². The number of aliphatic hydroxyl groups is 1. The molecule has 2 aliphatic carbocycles. The first-order valence-corrected chi connectivity index (χ1v) is 15.7. The van der Waals surface area contributed by atoms with E-state index in [-0.39, 0.29) is 16.4 Å². The van der Waals surface area contributed by atoms with E-state index in [0.717, 1.165) is 19.3 Å². The quantitative estimate of drug-likeness (QED) is 0.442. The van der Waals surface area contributed by atoms with Crippen LogP contribution in [0.15, 0.2) is 60.7 Å². The molecule has 2 aliphatic rings. The fraction of sp³-hybridized carbons (Fsp3) is 0.625. The Labute approximate surface area is 215 Å². The Bertz CT molecular complexity index is 936. The van der Waals surface area contributed by atoms with Crippen molar-refractivity contribution in [1.82, 2.24) is 0 Å². The summed E-state index contributed by atoms with van der Waals surface area (Å²) in [7, 11) is -2.56. The highest BCUT2D eigenvalue weighted by Crippen LogP contribution is 2.62. The predicted molar refractivity (Wildman–Crippen MR) is 151 cm³/mol. The van der Waals surface area contributed by atoms with Crippen LogP contribution >= 0.6 is 0 Å². The maximum atomic E-state index is 11.7. The van der Waals surface area contributed by atoms with E-state index in [9.17, 15) is 5.11 Å². The van der Waals surface area contributed by atoms with Gasteiger partial charge in [-0.2, -0.15) is 0 Å². The number of rotatable bonds is 6. The standard InChI is InChI=1S/C32H48O2Si/c1-29(2,3)35(25-15-10-8-11-16-25,26-17-12-9-13-18-26)34-24-20-28-31(6)22-14-21-30(4,5)27(31)19-23-32(28,7)33/h8-13,15-18,27-28,33H,14,19-24H2,1-7H3/t27-,28+,31-,32+/m0/s1. The molecule has 3 heteroatoms. The van der Waals surface area contributed by atoms with Gasteiger partial charge in [0.05, 0.1) is 5.60 Å². The second kappa shape index (κ2) is 9.47. The van der Waals surface area contributed by atoms with Crippen molar-refractivity contribution in [3.05, 3.63) is 60.7 Å². The molecule has 192 valence electrons. The van der Waals surface area contributed by atoms with E-state index in [1.165, 1.54) is 29.6 Å². The molecule has 0 heterocycles. The zero-order chi connectivity index (χ0) is 25.5. The molecular formula is C32H48O2Si. The van der Waals surface area contributed by atoms with Gasteiger partial charge in [0.1, 0.15) is 0 Å². The average molecular weight is 493 g/mol. The fourth-order valence-corrected chi connectivity index (χ4v) is 12.9. The molecule has 0 spiro atoms. The first-order valence-electron chi connectivity index (χ1n) is 13.8. The molecule has 0 unspecified atom stereocenters. The van der Waals surface area contributed by atoms with Crippen LogP contribution in [0, 0.1) is 22.7 Å². The summed E-state index contributed by atoms with van der Waals surface area (Å²) in [5.74, 6) is 0.924. The maximum Gasteiger partial charge on any atom is 0.261 e. The van der Waals surface area contributed by atoms with E-state index in [0.29, 0.717) is 17.9 Å². The van der Waals surface area contributed by atoms with Crippen LogP contribution < -0.4 is 10.4 Å². The SMILES string of the molecule is CC1(C)CCC[C@]2(C)[C@@H](CCO[Si](c3ccccc3)(c3ccccc3)C(C)(C)C)[C@](C)(O)CC[C@@H]12. The van der Waals surface area contributed by atoms with Crippen molar-refractivity contribution in [3.8, 4) is 0 Å². The maximum absolute atomic E-state index is 11.7. The molecule has 4 rings (SSSR count). The van der Waals surface area contributed by atoms with Crippen LogP contribution in [-0.2, 0) is 4.43 Å². The van der Waals surface area contributed by atoms with Crippen molar-refractivity contribution < 1.29 is 9.53 Å². The highest BCUT2D eigenvalue weighted by atomic mass is 28.4. The summed E-state index contributed by atoms with van der Waals surface area (Å²) in [6.07, 6.45) is 6.76. The van der Waals surface area contributed by atoms with E-state index < -0.39 is 13.9 Å². The van der Waals surface area contributed by atoms with Gasteiger partial charge in [-0.3, -0.25) is 0 Å². The Morgan fingerprint density at radius 2 is 1.40 bits per heavy atom. The highest BCUT2D eigenvalue weighted by molar-refractivity contribution is 6.99. The Kier molecular flexibility index (Phi) is 7.20. The van der Waals surface area contributed by atoms with Crippen LogP contribution in [0.25, 0.3) is 0 Å². The number of hydrogen-bond donors (Lipinski definition) is 1. The second-order valence-electron chi connectivity index (χ2n) is 13.6. The summed E-state index contributed by atoms with van der Waals surface area (Å²) in [6.45, 7) is 17.2. The number of fused-ring (bicyclic) bond motifs is 1. The van der Waals surface area contributed by atoms with Crippen LogP contribution in [0.1, 0.15) is 87.0 Å². The molecule has 0 radical (unpaired) electrons. The molecule has 0 aromatic heterocycles. The predicted octanol–water partition coefficient (Wildman–Crippen LogP) is 6.95. The van der Waals surface area contributed by atoms with Crippen molar-refractivity contribution in [2.24, 2.45) is 22.7 Å². The van der Waals surface area contributed by atoms with Gasteiger partial charge in [-0.15, -0.1) is 0 Å². The van der Waals surface area contributed by atoms with Gasteiger partial charge < -0.3 is 9.53 Å². The summed E-state index contributed by atoms with van der Waals surface area (Å²) < 4.78 is 7.27. The van der Waals surface area contributed by atoms with Gasteiger partial charge in [0.15, 0.2) is 0 Å². The lowest BCUT2D eigenvalue weighted by Crippen LogP contribution is -2.67. The molecule has 0 bridgehead atoms. The Balaban J connectivity index is 1.68. The number of hydrogen-bond acceptors (Lipinski definition) is 2. The lowest BCUT2D eigenvalue weighted by Gasteiger charge is -2.61. The largest absolute Gasteiger partial charge is 0.407 e. The first-order chi connectivity index (χ1) is 16.3. The minimum atomic E-state index is -2.56. The molecule has 2 nitrogen and oxygen atoms in total. The van der Waals surface area contributed by atoms with Crippen LogP contribution in [-0.4, -0.2) is 25.6 Å². The van der Waals surface area contributed by atoms with Gasteiger partial charge in [-0.1, -0.05) is 109 Å². The van der Waals surface area contributed by atoms with Crippen molar-refractivity contribution in [2.45, 2.75) is 97.6 Å². The highest BCUT2D eigenvalue weighted by Gasteiger charge is 2.58. The minimum absolute atomic E-state index is 0.0238. The van der Waals surface area contributed by atoms with Crippen molar-refractivity contribution in [1.29, 1.82) is 0 Å². The third kappa shape index (κ3) is 4.69. The third-order valence-corrected chi connectivity index (χ3v) is 14.9.